The average Bonchev–Trinajstić information content (AvgIpc) is 3.38. The van der Waals surface area contributed by atoms with Crippen molar-refractivity contribution in [2.24, 2.45) is 10.8 Å². The summed E-state index contributed by atoms with van der Waals surface area (Å²) >= 11 is 3.40. The van der Waals surface area contributed by atoms with E-state index in [4.69, 9.17) is 5.73 Å². The van der Waals surface area contributed by atoms with Crippen LogP contribution in [0.15, 0.2) is 70.4 Å². The summed E-state index contributed by atoms with van der Waals surface area (Å²) in [5, 5.41) is 12.7. The molecule has 1 atom stereocenters. The van der Waals surface area contributed by atoms with Gasteiger partial charge < -0.3 is 11.1 Å². The summed E-state index contributed by atoms with van der Waals surface area (Å²) in [4.78, 5) is 24.7. The van der Waals surface area contributed by atoms with E-state index in [1.165, 1.54) is 29.3 Å². The standard InChI is InChI=1S/C21H18BrFN6O2/c22-14-3-1-13(2-4-14)12-28-19(9-10-25-28)26-21(31)17-11-18(20(24)30)29(27-17)16-7-5-15(23)6-8-16/h1-10,18H,11-12H2,(H2,24,30)(H,26,31). The molecule has 8 nitrogen and oxygen atoms in total. The van der Waals surface area contributed by atoms with E-state index in [-0.39, 0.29) is 12.1 Å². The molecule has 1 unspecified atom stereocenters. The van der Waals surface area contributed by atoms with E-state index in [2.05, 4.69) is 31.4 Å². The van der Waals surface area contributed by atoms with Crippen LogP contribution >= 0.6 is 15.9 Å². The normalized spacial score (nSPS) is 15.6. The van der Waals surface area contributed by atoms with Gasteiger partial charge in [0.25, 0.3) is 5.91 Å². The number of primary amides is 1. The number of hydrazone groups is 1. The van der Waals surface area contributed by atoms with Gasteiger partial charge in [-0.1, -0.05) is 28.1 Å². The molecule has 3 aromatic rings. The molecule has 158 valence electrons. The van der Waals surface area contributed by atoms with Crippen LogP contribution in [0.25, 0.3) is 0 Å². The minimum Gasteiger partial charge on any atom is -0.368 e. The molecule has 0 saturated heterocycles. The summed E-state index contributed by atoms with van der Waals surface area (Å²) in [6.07, 6.45) is 1.63. The number of nitrogens with zero attached hydrogens (tertiary/aromatic N) is 4. The second kappa shape index (κ2) is 8.68. The molecule has 2 amide bonds. The van der Waals surface area contributed by atoms with Crippen molar-refractivity contribution in [1.29, 1.82) is 0 Å². The third kappa shape index (κ3) is 4.64. The maximum absolute atomic E-state index is 13.2. The third-order valence-electron chi connectivity index (χ3n) is 4.80. The molecule has 0 radical (unpaired) electrons. The van der Waals surface area contributed by atoms with Crippen LogP contribution in [-0.4, -0.2) is 33.3 Å². The Bertz CT molecular complexity index is 1140. The van der Waals surface area contributed by atoms with Crippen molar-refractivity contribution >= 4 is 45.0 Å². The Morgan fingerprint density at radius 1 is 1.13 bits per heavy atom. The number of aromatic nitrogens is 2. The second-order valence-corrected chi connectivity index (χ2v) is 7.86. The Kier molecular flexibility index (Phi) is 5.81. The number of nitrogens with two attached hydrogens (primary N) is 1. The summed E-state index contributed by atoms with van der Waals surface area (Å²) in [5.41, 5.74) is 7.12. The fourth-order valence-corrected chi connectivity index (χ4v) is 3.48. The van der Waals surface area contributed by atoms with Gasteiger partial charge in [-0.2, -0.15) is 10.2 Å². The lowest BCUT2D eigenvalue weighted by atomic mass is 10.1. The SMILES string of the molecule is NC(=O)C1CC(C(=O)Nc2ccnn2Cc2ccc(Br)cc2)=NN1c1ccc(F)cc1. The Morgan fingerprint density at radius 3 is 2.52 bits per heavy atom. The number of benzene rings is 2. The molecule has 1 aliphatic heterocycles. The molecule has 0 fully saturated rings. The molecular formula is C21H18BrFN6O2. The maximum Gasteiger partial charge on any atom is 0.273 e. The van der Waals surface area contributed by atoms with E-state index in [0.29, 0.717) is 18.1 Å². The highest BCUT2D eigenvalue weighted by molar-refractivity contribution is 9.10. The molecule has 0 spiro atoms. The number of rotatable bonds is 6. The van der Waals surface area contributed by atoms with E-state index in [9.17, 15) is 14.0 Å². The van der Waals surface area contributed by atoms with Crippen molar-refractivity contribution in [3.8, 4) is 0 Å². The van der Waals surface area contributed by atoms with Crippen LogP contribution in [0.4, 0.5) is 15.9 Å². The number of carbonyl (C=O) groups is 2. The van der Waals surface area contributed by atoms with Gasteiger partial charge in [0.15, 0.2) is 0 Å². The topological polar surface area (TPSA) is 106 Å². The molecule has 0 aliphatic carbocycles. The predicted octanol–water partition coefficient (Wildman–Crippen LogP) is 2.89. The van der Waals surface area contributed by atoms with Crippen LogP contribution in [0.2, 0.25) is 0 Å². The first-order valence-corrected chi connectivity index (χ1v) is 10.2. The Labute approximate surface area is 185 Å². The zero-order valence-electron chi connectivity index (χ0n) is 16.2. The fourth-order valence-electron chi connectivity index (χ4n) is 3.22. The molecular weight excluding hydrogens is 467 g/mol. The number of hydrogen-bond donors (Lipinski definition) is 2. The number of anilines is 2. The molecule has 0 bridgehead atoms. The largest absolute Gasteiger partial charge is 0.368 e. The van der Waals surface area contributed by atoms with Crippen molar-refractivity contribution in [3.63, 3.8) is 0 Å². The Morgan fingerprint density at radius 2 is 1.84 bits per heavy atom. The molecule has 10 heteroatoms. The van der Waals surface area contributed by atoms with E-state index in [0.717, 1.165) is 10.0 Å². The van der Waals surface area contributed by atoms with Crippen LogP contribution in [0.3, 0.4) is 0 Å². The van der Waals surface area contributed by atoms with E-state index in [1.807, 2.05) is 24.3 Å². The smallest absolute Gasteiger partial charge is 0.273 e. The summed E-state index contributed by atoms with van der Waals surface area (Å²) in [7, 11) is 0. The van der Waals surface area contributed by atoms with Crippen LogP contribution in [0.1, 0.15) is 12.0 Å². The third-order valence-corrected chi connectivity index (χ3v) is 5.32. The highest BCUT2D eigenvalue weighted by Gasteiger charge is 2.35. The van der Waals surface area contributed by atoms with Crippen molar-refractivity contribution < 1.29 is 14.0 Å². The average molecular weight is 485 g/mol. The summed E-state index contributed by atoms with van der Waals surface area (Å²) in [6, 6.07) is 14.1. The first-order chi connectivity index (χ1) is 14.9. The molecule has 31 heavy (non-hydrogen) atoms. The Hall–Kier alpha value is -3.53. The lowest BCUT2D eigenvalue weighted by molar-refractivity contribution is -0.119. The van der Waals surface area contributed by atoms with Gasteiger partial charge in [-0.3, -0.25) is 14.6 Å². The molecule has 3 N–H and O–H groups in total. The fraction of sp³-hybridized carbons (Fsp3) is 0.143. The van der Waals surface area contributed by atoms with Gasteiger partial charge in [0.2, 0.25) is 5.91 Å². The number of nitrogens with one attached hydrogen (secondary N) is 1. The van der Waals surface area contributed by atoms with Gasteiger partial charge in [0.1, 0.15) is 23.4 Å². The van der Waals surface area contributed by atoms with Gasteiger partial charge >= 0.3 is 0 Å². The Balaban J connectivity index is 1.51. The van der Waals surface area contributed by atoms with E-state index >= 15 is 0 Å². The molecule has 2 heterocycles. The van der Waals surface area contributed by atoms with Gasteiger partial charge in [-0.15, -0.1) is 0 Å². The minimum atomic E-state index is -0.834. The first-order valence-electron chi connectivity index (χ1n) is 9.40. The van der Waals surface area contributed by atoms with Crippen LogP contribution in [-0.2, 0) is 16.1 Å². The molecule has 0 saturated carbocycles. The summed E-state index contributed by atoms with van der Waals surface area (Å²) in [6.45, 7) is 0.466. The van der Waals surface area contributed by atoms with Crippen molar-refractivity contribution in [2.45, 2.75) is 19.0 Å². The van der Waals surface area contributed by atoms with Crippen LogP contribution in [0, 0.1) is 5.82 Å². The zero-order valence-corrected chi connectivity index (χ0v) is 17.8. The van der Waals surface area contributed by atoms with E-state index < -0.39 is 23.7 Å². The summed E-state index contributed by atoms with van der Waals surface area (Å²) < 4.78 is 15.9. The maximum atomic E-state index is 13.2. The quantitative estimate of drug-likeness (QED) is 0.560. The van der Waals surface area contributed by atoms with Crippen molar-refractivity contribution in [2.75, 3.05) is 10.3 Å². The lowest BCUT2D eigenvalue weighted by Gasteiger charge is -2.20. The number of amides is 2. The van der Waals surface area contributed by atoms with Gasteiger partial charge in [0.05, 0.1) is 18.4 Å². The molecule has 4 rings (SSSR count). The number of halogens is 2. The van der Waals surface area contributed by atoms with Crippen molar-refractivity contribution in [3.05, 3.63) is 76.6 Å². The molecule has 1 aromatic heterocycles. The second-order valence-electron chi connectivity index (χ2n) is 6.94. The van der Waals surface area contributed by atoms with Crippen LogP contribution < -0.4 is 16.1 Å². The number of hydrogen-bond acceptors (Lipinski definition) is 5. The molecule has 1 aliphatic rings. The number of carbonyl (C=O) groups excluding carboxylic acids is 2. The summed E-state index contributed by atoms with van der Waals surface area (Å²) in [5.74, 6) is -1.02. The van der Waals surface area contributed by atoms with Crippen LogP contribution in [0.5, 0.6) is 0 Å². The zero-order chi connectivity index (χ0) is 22.0. The first kappa shape index (κ1) is 20.7. The van der Waals surface area contributed by atoms with Crippen molar-refractivity contribution in [1.82, 2.24) is 9.78 Å². The van der Waals surface area contributed by atoms with Gasteiger partial charge in [-0.05, 0) is 42.0 Å². The minimum absolute atomic E-state index is 0.0411. The highest BCUT2D eigenvalue weighted by atomic mass is 79.9. The highest BCUT2D eigenvalue weighted by Crippen LogP contribution is 2.25. The predicted molar refractivity (Wildman–Crippen MR) is 118 cm³/mol. The van der Waals surface area contributed by atoms with Gasteiger partial charge in [0, 0.05) is 17.0 Å². The van der Waals surface area contributed by atoms with Gasteiger partial charge in [-0.25, -0.2) is 9.07 Å². The van der Waals surface area contributed by atoms with E-state index in [1.54, 1.807) is 16.9 Å². The lowest BCUT2D eigenvalue weighted by Crippen LogP contribution is -2.39. The monoisotopic (exact) mass is 484 g/mol. The molecule has 2 aromatic carbocycles.